The molecule has 0 spiro atoms. The Morgan fingerprint density at radius 3 is 2.91 bits per heavy atom. The van der Waals surface area contributed by atoms with Gasteiger partial charge in [-0.05, 0) is 24.8 Å². The van der Waals surface area contributed by atoms with Gasteiger partial charge < -0.3 is 9.47 Å². The molecule has 1 atom stereocenters. The van der Waals surface area contributed by atoms with Crippen molar-refractivity contribution in [2.24, 2.45) is 13.0 Å². The third kappa shape index (κ3) is 3.36. The molecule has 7 nitrogen and oxygen atoms in total. The summed E-state index contributed by atoms with van der Waals surface area (Å²) in [5, 5.41) is 0. The highest BCUT2D eigenvalue weighted by Gasteiger charge is 2.28. The van der Waals surface area contributed by atoms with Crippen molar-refractivity contribution in [1.29, 1.82) is 0 Å². The molecule has 3 heterocycles. The molecule has 0 radical (unpaired) electrons. The van der Waals surface area contributed by atoms with Crippen LogP contribution in [0.25, 0.3) is 11.2 Å². The molecule has 8 heteroatoms. The number of hydrogen-bond donors (Lipinski definition) is 0. The zero-order chi connectivity index (χ0) is 16.6. The number of rotatable bonds is 3. The van der Waals surface area contributed by atoms with E-state index in [9.17, 15) is 13.2 Å². The van der Waals surface area contributed by atoms with Crippen LogP contribution in [0, 0.1) is 5.92 Å². The van der Waals surface area contributed by atoms with E-state index < -0.39 is 9.84 Å². The van der Waals surface area contributed by atoms with Gasteiger partial charge in [0.05, 0.1) is 17.6 Å². The number of aromatic nitrogens is 3. The van der Waals surface area contributed by atoms with E-state index in [1.54, 1.807) is 28.1 Å². The fourth-order valence-electron chi connectivity index (χ4n) is 3.18. The molecule has 0 aromatic carbocycles. The largest absolute Gasteiger partial charge is 0.338 e. The van der Waals surface area contributed by atoms with E-state index in [1.165, 1.54) is 6.26 Å². The maximum atomic E-state index is 12.8. The number of hydrogen-bond acceptors (Lipinski definition) is 5. The molecule has 0 bridgehead atoms. The highest BCUT2D eigenvalue weighted by Crippen LogP contribution is 2.22. The molecule has 0 saturated carbocycles. The van der Waals surface area contributed by atoms with Gasteiger partial charge >= 0.3 is 0 Å². The van der Waals surface area contributed by atoms with Crippen molar-refractivity contribution in [3.63, 3.8) is 0 Å². The van der Waals surface area contributed by atoms with Gasteiger partial charge in [0.15, 0.2) is 5.65 Å². The van der Waals surface area contributed by atoms with Crippen molar-refractivity contribution in [2.45, 2.75) is 12.8 Å². The maximum Gasteiger partial charge on any atom is 0.256 e. The predicted octanol–water partition coefficient (Wildman–Crippen LogP) is 0.865. The van der Waals surface area contributed by atoms with Crippen LogP contribution < -0.4 is 0 Å². The van der Waals surface area contributed by atoms with Crippen LogP contribution in [0.4, 0.5) is 0 Å². The lowest BCUT2D eigenvalue weighted by Gasteiger charge is -2.32. The topological polar surface area (TPSA) is 85.2 Å². The molecular weight excluding hydrogens is 316 g/mol. The van der Waals surface area contributed by atoms with Crippen LogP contribution in [0.3, 0.4) is 0 Å². The normalized spacial score (nSPS) is 19.2. The number of imidazole rings is 1. The third-order valence-electron chi connectivity index (χ3n) is 4.17. The first-order valence-electron chi connectivity index (χ1n) is 7.58. The molecule has 3 rings (SSSR count). The second-order valence-corrected chi connectivity index (χ2v) is 8.42. The first-order valence-corrected chi connectivity index (χ1v) is 9.64. The van der Waals surface area contributed by atoms with Crippen molar-refractivity contribution in [2.75, 3.05) is 25.1 Å². The van der Waals surface area contributed by atoms with Crippen molar-refractivity contribution < 1.29 is 13.2 Å². The van der Waals surface area contributed by atoms with Gasteiger partial charge in [-0.25, -0.2) is 18.4 Å². The highest BCUT2D eigenvalue weighted by atomic mass is 32.2. The summed E-state index contributed by atoms with van der Waals surface area (Å²) in [7, 11) is -1.20. The molecule has 2 aromatic rings. The van der Waals surface area contributed by atoms with Gasteiger partial charge in [-0.2, -0.15) is 0 Å². The van der Waals surface area contributed by atoms with Gasteiger partial charge in [-0.3, -0.25) is 4.79 Å². The first-order chi connectivity index (χ1) is 10.8. The summed E-state index contributed by atoms with van der Waals surface area (Å²) in [6.45, 7) is 1.12. The second kappa shape index (κ2) is 5.92. The summed E-state index contributed by atoms with van der Waals surface area (Å²) in [5.74, 6) is 0.0321. The van der Waals surface area contributed by atoms with Crippen LogP contribution in [0.15, 0.2) is 18.6 Å². The molecule has 0 N–H and O–H groups in total. The summed E-state index contributed by atoms with van der Waals surface area (Å²) < 4.78 is 24.8. The van der Waals surface area contributed by atoms with Gasteiger partial charge in [-0.1, -0.05) is 0 Å². The van der Waals surface area contributed by atoms with Crippen molar-refractivity contribution >= 4 is 26.9 Å². The number of pyridine rings is 1. The van der Waals surface area contributed by atoms with E-state index in [2.05, 4.69) is 9.97 Å². The van der Waals surface area contributed by atoms with Crippen molar-refractivity contribution in [3.05, 3.63) is 24.2 Å². The summed E-state index contributed by atoms with van der Waals surface area (Å²) in [4.78, 5) is 23.1. The minimum atomic E-state index is -3.03. The molecule has 1 amide bonds. The number of aryl methyl sites for hydroxylation is 1. The molecule has 1 fully saturated rings. The van der Waals surface area contributed by atoms with Crippen LogP contribution >= 0.6 is 0 Å². The summed E-state index contributed by atoms with van der Waals surface area (Å²) in [5.41, 5.74) is 1.78. The van der Waals surface area contributed by atoms with E-state index in [1.807, 2.05) is 7.05 Å². The van der Waals surface area contributed by atoms with E-state index >= 15 is 0 Å². The lowest BCUT2D eigenvalue weighted by Crippen LogP contribution is -2.41. The standard InChI is InChI=1S/C15H20N4O3S/c1-18-10-17-13-12(5-6-16-14(13)18)15(20)19-7-3-4-11(8-19)9-23(2,21)22/h5-6,10-11H,3-4,7-9H2,1-2H3. The van der Waals surface area contributed by atoms with Gasteiger partial charge in [0.25, 0.3) is 5.91 Å². The molecule has 1 saturated heterocycles. The molecule has 124 valence electrons. The summed E-state index contributed by atoms with van der Waals surface area (Å²) in [6, 6.07) is 1.68. The number of sulfone groups is 1. The van der Waals surface area contributed by atoms with Gasteiger partial charge in [-0.15, -0.1) is 0 Å². The van der Waals surface area contributed by atoms with Crippen LogP contribution in [0.1, 0.15) is 23.2 Å². The molecule has 1 aliphatic rings. The van der Waals surface area contributed by atoms with Crippen LogP contribution in [0.5, 0.6) is 0 Å². The number of carbonyl (C=O) groups excluding carboxylic acids is 1. The SMILES string of the molecule is Cn1cnc2c(C(=O)N3CCCC(CS(C)(=O)=O)C3)ccnc21. The monoisotopic (exact) mass is 336 g/mol. The number of carbonyl (C=O) groups is 1. The Kier molecular flexibility index (Phi) is 4.09. The van der Waals surface area contributed by atoms with Gasteiger partial charge in [0.1, 0.15) is 15.4 Å². The van der Waals surface area contributed by atoms with E-state index in [4.69, 9.17) is 0 Å². The fourth-order valence-corrected chi connectivity index (χ4v) is 4.31. The summed E-state index contributed by atoms with van der Waals surface area (Å²) >= 11 is 0. The van der Waals surface area contributed by atoms with E-state index in [-0.39, 0.29) is 17.6 Å². The number of piperidine rings is 1. The Hall–Kier alpha value is -1.96. The minimum Gasteiger partial charge on any atom is -0.338 e. The molecule has 1 unspecified atom stereocenters. The number of fused-ring (bicyclic) bond motifs is 1. The molecule has 1 aliphatic heterocycles. The van der Waals surface area contributed by atoms with Crippen molar-refractivity contribution in [3.8, 4) is 0 Å². The van der Waals surface area contributed by atoms with Gasteiger partial charge in [0, 0.05) is 32.6 Å². The Bertz CT molecular complexity index is 844. The number of likely N-dealkylation sites (tertiary alicyclic amines) is 1. The molecular formula is C15H20N4O3S. The van der Waals surface area contributed by atoms with Crippen molar-refractivity contribution in [1.82, 2.24) is 19.4 Å². The lowest BCUT2D eigenvalue weighted by molar-refractivity contribution is 0.0686. The number of nitrogens with zero attached hydrogens (tertiary/aromatic N) is 4. The Morgan fingerprint density at radius 2 is 2.17 bits per heavy atom. The van der Waals surface area contributed by atoms with Crippen LogP contribution in [-0.2, 0) is 16.9 Å². The quantitative estimate of drug-likeness (QED) is 0.830. The van der Waals surface area contributed by atoms with Crippen LogP contribution in [0.2, 0.25) is 0 Å². The van der Waals surface area contributed by atoms with Crippen LogP contribution in [-0.4, -0.2) is 58.9 Å². The summed E-state index contributed by atoms with van der Waals surface area (Å²) in [6.07, 6.45) is 6.15. The fraction of sp³-hybridized carbons (Fsp3) is 0.533. The maximum absolute atomic E-state index is 12.8. The minimum absolute atomic E-state index is 0.00348. The predicted molar refractivity (Wildman–Crippen MR) is 86.8 cm³/mol. The Balaban J connectivity index is 1.84. The van der Waals surface area contributed by atoms with Gasteiger partial charge in [0.2, 0.25) is 0 Å². The van der Waals surface area contributed by atoms with E-state index in [0.717, 1.165) is 12.8 Å². The molecule has 23 heavy (non-hydrogen) atoms. The zero-order valence-corrected chi connectivity index (χ0v) is 14.1. The third-order valence-corrected chi connectivity index (χ3v) is 5.25. The lowest BCUT2D eigenvalue weighted by atomic mass is 9.99. The van der Waals surface area contributed by atoms with E-state index in [0.29, 0.717) is 29.8 Å². The number of amides is 1. The molecule has 2 aromatic heterocycles. The molecule has 0 aliphatic carbocycles. The second-order valence-electron chi connectivity index (χ2n) is 6.24. The Labute approximate surface area is 135 Å². The zero-order valence-electron chi connectivity index (χ0n) is 13.3. The average Bonchev–Trinajstić information content (AvgIpc) is 2.87. The Morgan fingerprint density at radius 1 is 1.39 bits per heavy atom. The average molecular weight is 336 g/mol. The first kappa shape index (κ1) is 15.9. The smallest absolute Gasteiger partial charge is 0.256 e. The highest BCUT2D eigenvalue weighted by molar-refractivity contribution is 7.90.